The van der Waals surface area contributed by atoms with Gasteiger partial charge in [-0.25, -0.2) is 4.98 Å². The maximum absolute atomic E-state index is 6.11. The largest absolute Gasteiger partial charge is 0.493 e. The third-order valence-electron chi connectivity index (χ3n) is 3.80. The van der Waals surface area contributed by atoms with Gasteiger partial charge in [-0.2, -0.15) is 16.3 Å². The Bertz CT molecular complexity index is 837. The van der Waals surface area contributed by atoms with Crippen molar-refractivity contribution in [3.8, 4) is 11.5 Å². The first-order valence-corrected chi connectivity index (χ1v) is 8.20. The van der Waals surface area contributed by atoms with Crippen LogP contribution in [0, 0.1) is 0 Å². The van der Waals surface area contributed by atoms with Crippen molar-refractivity contribution in [3.05, 3.63) is 57.9 Å². The van der Waals surface area contributed by atoms with Crippen LogP contribution in [0.5, 0.6) is 11.5 Å². The van der Waals surface area contributed by atoms with Crippen molar-refractivity contribution in [2.24, 2.45) is 0 Å². The number of nitrogen functional groups attached to an aromatic ring is 2. The SMILES string of the molecule is COc1ccc(C(c2ccsc2)c2cnc(N)nc2N)cc1OC. The van der Waals surface area contributed by atoms with Crippen molar-refractivity contribution in [2.45, 2.75) is 5.92 Å². The molecule has 1 aromatic carbocycles. The highest BCUT2D eigenvalue weighted by atomic mass is 32.1. The number of hydrogen-bond acceptors (Lipinski definition) is 7. The number of nitrogens with zero attached hydrogens (tertiary/aromatic N) is 2. The molecule has 0 bridgehead atoms. The second kappa shape index (κ2) is 6.76. The van der Waals surface area contributed by atoms with Gasteiger partial charge in [0.1, 0.15) is 5.82 Å². The lowest BCUT2D eigenvalue weighted by atomic mass is 9.87. The third kappa shape index (κ3) is 2.98. The molecule has 0 saturated heterocycles. The number of anilines is 2. The van der Waals surface area contributed by atoms with E-state index < -0.39 is 0 Å². The van der Waals surface area contributed by atoms with Crippen LogP contribution in [0.4, 0.5) is 11.8 Å². The summed E-state index contributed by atoms with van der Waals surface area (Å²) in [6.07, 6.45) is 1.68. The van der Waals surface area contributed by atoms with E-state index in [1.165, 1.54) is 0 Å². The molecule has 6 nitrogen and oxygen atoms in total. The molecule has 0 amide bonds. The van der Waals surface area contributed by atoms with Crippen LogP contribution < -0.4 is 20.9 Å². The van der Waals surface area contributed by atoms with E-state index in [0.29, 0.717) is 17.3 Å². The van der Waals surface area contributed by atoms with Gasteiger partial charge in [-0.15, -0.1) is 0 Å². The Hall–Kier alpha value is -2.80. The third-order valence-corrected chi connectivity index (χ3v) is 4.50. The van der Waals surface area contributed by atoms with E-state index >= 15 is 0 Å². The van der Waals surface area contributed by atoms with Crippen molar-refractivity contribution in [2.75, 3.05) is 25.7 Å². The lowest BCUT2D eigenvalue weighted by Gasteiger charge is -2.19. The number of aromatic nitrogens is 2. The zero-order valence-corrected chi connectivity index (χ0v) is 14.2. The van der Waals surface area contributed by atoms with Gasteiger partial charge in [0.05, 0.1) is 14.2 Å². The minimum absolute atomic E-state index is 0.114. The fourth-order valence-electron chi connectivity index (χ4n) is 2.66. The molecule has 2 heterocycles. The van der Waals surface area contributed by atoms with Crippen LogP contribution in [0.15, 0.2) is 41.2 Å². The van der Waals surface area contributed by atoms with Gasteiger partial charge in [-0.3, -0.25) is 0 Å². The standard InChI is InChI=1S/C17H18N4O2S/c1-22-13-4-3-10(7-14(13)23-2)15(11-5-6-24-9-11)12-8-20-17(19)21-16(12)18/h3-9,15H,1-2H3,(H4,18,19,20,21). The van der Waals surface area contributed by atoms with Crippen molar-refractivity contribution in [1.29, 1.82) is 0 Å². The molecule has 3 rings (SSSR count). The topological polar surface area (TPSA) is 96.3 Å². The Balaban J connectivity index is 2.16. The molecular formula is C17H18N4O2S. The molecule has 0 saturated carbocycles. The highest BCUT2D eigenvalue weighted by molar-refractivity contribution is 7.08. The molecule has 3 aromatic rings. The van der Waals surface area contributed by atoms with E-state index in [4.69, 9.17) is 20.9 Å². The molecule has 0 aliphatic heterocycles. The summed E-state index contributed by atoms with van der Waals surface area (Å²) in [5, 5.41) is 4.11. The molecule has 1 unspecified atom stereocenters. The Morgan fingerprint density at radius 1 is 1.04 bits per heavy atom. The van der Waals surface area contributed by atoms with E-state index in [1.807, 2.05) is 23.6 Å². The van der Waals surface area contributed by atoms with Gasteiger partial charge in [0.25, 0.3) is 0 Å². The van der Waals surface area contributed by atoms with Crippen LogP contribution in [-0.4, -0.2) is 24.2 Å². The second-order valence-corrected chi connectivity index (χ2v) is 5.95. The molecule has 0 spiro atoms. The monoisotopic (exact) mass is 342 g/mol. The minimum atomic E-state index is -0.114. The lowest BCUT2D eigenvalue weighted by molar-refractivity contribution is 0.354. The van der Waals surface area contributed by atoms with Crippen molar-refractivity contribution >= 4 is 23.1 Å². The van der Waals surface area contributed by atoms with E-state index in [1.54, 1.807) is 31.8 Å². The number of rotatable bonds is 5. The summed E-state index contributed by atoms with van der Waals surface area (Å²) in [6, 6.07) is 7.86. The van der Waals surface area contributed by atoms with Gasteiger partial charge in [-0.05, 0) is 40.1 Å². The van der Waals surface area contributed by atoms with E-state index in [2.05, 4.69) is 21.4 Å². The Labute approximate surface area is 144 Å². The molecule has 0 aliphatic rings. The van der Waals surface area contributed by atoms with Gasteiger partial charge in [0.15, 0.2) is 11.5 Å². The van der Waals surface area contributed by atoms with E-state index in [9.17, 15) is 0 Å². The van der Waals surface area contributed by atoms with E-state index in [-0.39, 0.29) is 11.9 Å². The van der Waals surface area contributed by atoms with Gasteiger partial charge >= 0.3 is 0 Å². The van der Waals surface area contributed by atoms with Crippen molar-refractivity contribution in [3.63, 3.8) is 0 Å². The van der Waals surface area contributed by atoms with E-state index in [0.717, 1.165) is 16.7 Å². The summed E-state index contributed by atoms with van der Waals surface area (Å²) in [7, 11) is 3.22. The Morgan fingerprint density at radius 2 is 1.83 bits per heavy atom. The summed E-state index contributed by atoms with van der Waals surface area (Å²) in [4.78, 5) is 8.20. The smallest absolute Gasteiger partial charge is 0.221 e. The maximum Gasteiger partial charge on any atom is 0.221 e. The average molecular weight is 342 g/mol. The summed E-state index contributed by atoms with van der Waals surface area (Å²) < 4.78 is 10.7. The number of ether oxygens (including phenoxy) is 2. The molecule has 0 radical (unpaired) electrons. The van der Waals surface area contributed by atoms with Gasteiger partial charge in [0.2, 0.25) is 5.95 Å². The second-order valence-electron chi connectivity index (χ2n) is 5.17. The summed E-state index contributed by atoms with van der Waals surface area (Å²) >= 11 is 1.62. The molecule has 124 valence electrons. The molecule has 2 aromatic heterocycles. The predicted molar refractivity (Wildman–Crippen MR) is 95.7 cm³/mol. The first kappa shape index (κ1) is 16.1. The Morgan fingerprint density at radius 3 is 2.46 bits per heavy atom. The minimum Gasteiger partial charge on any atom is -0.493 e. The van der Waals surface area contributed by atoms with Crippen LogP contribution in [0.3, 0.4) is 0 Å². The first-order chi connectivity index (χ1) is 11.6. The van der Waals surface area contributed by atoms with Crippen LogP contribution in [0.1, 0.15) is 22.6 Å². The van der Waals surface area contributed by atoms with Crippen molar-refractivity contribution in [1.82, 2.24) is 9.97 Å². The molecule has 1 atom stereocenters. The fraction of sp³-hybridized carbons (Fsp3) is 0.176. The summed E-state index contributed by atoms with van der Waals surface area (Å²) in [6.45, 7) is 0. The lowest BCUT2D eigenvalue weighted by Crippen LogP contribution is -2.10. The quantitative estimate of drug-likeness (QED) is 0.740. The van der Waals surface area contributed by atoms with Crippen LogP contribution in [0.2, 0.25) is 0 Å². The van der Waals surface area contributed by atoms with Crippen LogP contribution in [-0.2, 0) is 0 Å². The normalized spacial score (nSPS) is 11.9. The number of thiophene rings is 1. The Kier molecular flexibility index (Phi) is 4.52. The molecular weight excluding hydrogens is 324 g/mol. The van der Waals surface area contributed by atoms with Gasteiger partial charge in [0, 0.05) is 17.7 Å². The number of benzene rings is 1. The summed E-state index contributed by atoms with van der Waals surface area (Å²) in [5.41, 5.74) is 14.7. The fourth-order valence-corrected chi connectivity index (χ4v) is 3.35. The number of nitrogens with two attached hydrogens (primary N) is 2. The molecule has 7 heteroatoms. The highest BCUT2D eigenvalue weighted by Gasteiger charge is 2.22. The zero-order valence-electron chi connectivity index (χ0n) is 13.4. The molecule has 4 N–H and O–H groups in total. The maximum atomic E-state index is 6.11. The molecule has 0 aliphatic carbocycles. The van der Waals surface area contributed by atoms with Crippen LogP contribution >= 0.6 is 11.3 Å². The summed E-state index contributed by atoms with van der Waals surface area (Å²) in [5.74, 6) is 1.75. The van der Waals surface area contributed by atoms with Gasteiger partial charge < -0.3 is 20.9 Å². The van der Waals surface area contributed by atoms with Crippen LogP contribution in [0.25, 0.3) is 0 Å². The highest BCUT2D eigenvalue weighted by Crippen LogP contribution is 2.39. The molecule has 0 fully saturated rings. The zero-order chi connectivity index (χ0) is 17.1. The van der Waals surface area contributed by atoms with Gasteiger partial charge in [-0.1, -0.05) is 6.07 Å². The average Bonchev–Trinajstić information content (AvgIpc) is 3.11. The number of methoxy groups -OCH3 is 2. The first-order valence-electron chi connectivity index (χ1n) is 7.26. The molecule has 24 heavy (non-hydrogen) atoms. The number of hydrogen-bond donors (Lipinski definition) is 2. The van der Waals surface area contributed by atoms with Crippen molar-refractivity contribution < 1.29 is 9.47 Å². The predicted octanol–water partition coefficient (Wildman–Crippen LogP) is 2.90.